The van der Waals surface area contributed by atoms with E-state index in [0.717, 1.165) is 19.4 Å². The van der Waals surface area contributed by atoms with E-state index in [9.17, 15) is 4.79 Å². The summed E-state index contributed by atoms with van der Waals surface area (Å²) >= 11 is 2.14. The number of halogens is 1. The number of Topliss-reactive ketones (excluding diaryl/α,β-unsaturated/α-hetero) is 1. The molecule has 0 saturated carbocycles. The van der Waals surface area contributed by atoms with Crippen LogP contribution in [-0.4, -0.2) is 30.6 Å². The standard InChI is InChI=1S/C13H23IN2O2/c1-9-4-6-18-13(9)12(16)8-11(17)7-10(15)3-2-5-14/h2,5,9-10,12-13H,3-4,6-8,15-16H2,1H3/b5-2+/t9?,10-,12+,13?/m1/s1. The molecule has 4 atom stereocenters. The van der Waals surface area contributed by atoms with Gasteiger partial charge in [-0.15, -0.1) is 0 Å². The number of nitrogens with two attached hydrogens (primary N) is 2. The third-order valence-corrected chi connectivity index (χ3v) is 3.86. The summed E-state index contributed by atoms with van der Waals surface area (Å²) in [4.78, 5) is 11.8. The van der Waals surface area contributed by atoms with Crippen molar-refractivity contribution in [2.45, 2.75) is 50.8 Å². The third kappa shape index (κ3) is 5.34. The lowest BCUT2D eigenvalue weighted by molar-refractivity contribution is -0.120. The largest absolute Gasteiger partial charge is 0.376 e. The SMILES string of the molecule is CC1CCOC1[C@@H](N)CC(=O)C[C@H](N)C/C=C/I. The first kappa shape index (κ1) is 16.1. The predicted octanol–water partition coefficient (Wildman–Crippen LogP) is 1.75. The molecule has 4 N–H and O–H groups in total. The van der Waals surface area contributed by atoms with Crippen LogP contribution in [0.2, 0.25) is 0 Å². The first-order chi connectivity index (χ1) is 8.54. The van der Waals surface area contributed by atoms with Crippen LogP contribution in [0.3, 0.4) is 0 Å². The molecule has 1 heterocycles. The summed E-state index contributed by atoms with van der Waals surface area (Å²) in [6.07, 6.45) is 4.54. The molecule has 18 heavy (non-hydrogen) atoms. The van der Waals surface area contributed by atoms with Crippen LogP contribution in [0.5, 0.6) is 0 Å². The highest BCUT2D eigenvalue weighted by Crippen LogP contribution is 2.23. The molecule has 0 radical (unpaired) electrons. The molecule has 0 aliphatic carbocycles. The fraction of sp³-hybridized carbons (Fsp3) is 0.769. The van der Waals surface area contributed by atoms with Gasteiger partial charge in [-0.1, -0.05) is 35.6 Å². The van der Waals surface area contributed by atoms with E-state index in [-0.39, 0.29) is 24.0 Å². The first-order valence-electron chi connectivity index (χ1n) is 6.44. The van der Waals surface area contributed by atoms with Crippen LogP contribution in [0.15, 0.2) is 10.2 Å². The van der Waals surface area contributed by atoms with Gasteiger partial charge in [-0.3, -0.25) is 4.79 Å². The van der Waals surface area contributed by atoms with Gasteiger partial charge in [-0.2, -0.15) is 0 Å². The predicted molar refractivity (Wildman–Crippen MR) is 81.5 cm³/mol. The van der Waals surface area contributed by atoms with Crippen molar-refractivity contribution in [3.05, 3.63) is 10.2 Å². The van der Waals surface area contributed by atoms with Gasteiger partial charge in [0.15, 0.2) is 0 Å². The molecule has 0 amide bonds. The summed E-state index contributed by atoms with van der Waals surface area (Å²) in [5.74, 6) is 0.586. The summed E-state index contributed by atoms with van der Waals surface area (Å²) in [7, 11) is 0. The number of rotatable bonds is 7. The van der Waals surface area contributed by atoms with Crippen LogP contribution >= 0.6 is 22.6 Å². The van der Waals surface area contributed by atoms with Gasteiger partial charge in [0.25, 0.3) is 0 Å². The quantitative estimate of drug-likeness (QED) is 0.673. The fourth-order valence-electron chi connectivity index (χ4n) is 2.33. The van der Waals surface area contributed by atoms with Crippen LogP contribution in [0.4, 0.5) is 0 Å². The highest BCUT2D eigenvalue weighted by Gasteiger charge is 2.31. The van der Waals surface area contributed by atoms with Crippen molar-refractivity contribution in [3.8, 4) is 0 Å². The van der Waals surface area contributed by atoms with E-state index in [1.807, 2.05) is 10.2 Å². The van der Waals surface area contributed by atoms with Crippen LogP contribution in [-0.2, 0) is 9.53 Å². The molecule has 1 aliphatic rings. The summed E-state index contributed by atoms with van der Waals surface area (Å²) in [5.41, 5.74) is 11.9. The topological polar surface area (TPSA) is 78.3 Å². The Bertz CT molecular complexity index is 297. The van der Waals surface area contributed by atoms with Crippen molar-refractivity contribution in [1.29, 1.82) is 0 Å². The second-order valence-corrected chi connectivity index (χ2v) is 5.79. The second kappa shape index (κ2) is 8.24. The molecule has 0 spiro atoms. The molecule has 0 bridgehead atoms. The molecule has 1 saturated heterocycles. The lowest BCUT2D eigenvalue weighted by atomic mass is 9.93. The Morgan fingerprint density at radius 1 is 1.50 bits per heavy atom. The molecule has 0 aromatic carbocycles. The van der Waals surface area contributed by atoms with Gasteiger partial charge in [-0.05, 0) is 22.8 Å². The minimum absolute atomic E-state index is 0.0272. The minimum atomic E-state index is -0.192. The van der Waals surface area contributed by atoms with Gasteiger partial charge in [0.1, 0.15) is 5.78 Å². The third-order valence-electron chi connectivity index (χ3n) is 3.35. The zero-order valence-corrected chi connectivity index (χ0v) is 13.0. The summed E-state index contributed by atoms with van der Waals surface area (Å²) < 4.78 is 7.50. The van der Waals surface area contributed by atoms with Gasteiger partial charge < -0.3 is 16.2 Å². The van der Waals surface area contributed by atoms with E-state index in [1.54, 1.807) is 0 Å². The van der Waals surface area contributed by atoms with Gasteiger partial charge in [0, 0.05) is 31.5 Å². The molecule has 5 heteroatoms. The fourth-order valence-corrected chi connectivity index (χ4v) is 2.62. The molecular formula is C13H23IN2O2. The minimum Gasteiger partial charge on any atom is -0.376 e. The zero-order chi connectivity index (χ0) is 13.5. The normalized spacial score (nSPS) is 27.6. The molecule has 0 aromatic heterocycles. The van der Waals surface area contributed by atoms with Gasteiger partial charge in [0.2, 0.25) is 0 Å². The van der Waals surface area contributed by atoms with Crippen molar-refractivity contribution in [2.75, 3.05) is 6.61 Å². The van der Waals surface area contributed by atoms with Crippen molar-refractivity contribution >= 4 is 28.4 Å². The maximum atomic E-state index is 11.8. The molecule has 2 unspecified atom stereocenters. The van der Waals surface area contributed by atoms with Crippen LogP contribution in [0.1, 0.15) is 32.6 Å². The highest BCUT2D eigenvalue weighted by molar-refractivity contribution is 14.1. The van der Waals surface area contributed by atoms with Crippen molar-refractivity contribution in [3.63, 3.8) is 0 Å². The molecule has 0 aromatic rings. The van der Waals surface area contributed by atoms with Crippen LogP contribution in [0.25, 0.3) is 0 Å². The Balaban J connectivity index is 2.30. The van der Waals surface area contributed by atoms with Gasteiger partial charge in [0.05, 0.1) is 6.10 Å². The Morgan fingerprint density at radius 3 is 2.78 bits per heavy atom. The summed E-state index contributed by atoms with van der Waals surface area (Å²) in [5, 5.41) is 0. The maximum absolute atomic E-state index is 11.8. The van der Waals surface area contributed by atoms with Crippen LogP contribution < -0.4 is 11.5 Å². The van der Waals surface area contributed by atoms with Crippen molar-refractivity contribution in [1.82, 2.24) is 0 Å². The van der Waals surface area contributed by atoms with Crippen molar-refractivity contribution in [2.24, 2.45) is 17.4 Å². The molecule has 1 rings (SSSR count). The van der Waals surface area contributed by atoms with E-state index in [1.165, 1.54) is 0 Å². The Hall–Kier alpha value is 0.0200. The Kier molecular flexibility index (Phi) is 7.36. The molecule has 104 valence electrons. The zero-order valence-electron chi connectivity index (χ0n) is 10.8. The number of carbonyl (C=O) groups excluding carboxylic acids is 1. The Morgan fingerprint density at radius 2 is 2.22 bits per heavy atom. The van der Waals surface area contributed by atoms with Crippen LogP contribution in [0, 0.1) is 5.92 Å². The van der Waals surface area contributed by atoms with Crippen molar-refractivity contribution < 1.29 is 9.53 Å². The monoisotopic (exact) mass is 366 g/mol. The number of ketones is 1. The van der Waals surface area contributed by atoms with E-state index in [2.05, 4.69) is 29.5 Å². The van der Waals surface area contributed by atoms with E-state index >= 15 is 0 Å². The molecule has 1 aliphatic heterocycles. The summed E-state index contributed by atoms with van der Waals surface area (Å²) in [6, 6.07) is -0.292. The van der Waals surface area contributed by atoms with Gasteiger partial charge in [-0.25, -0.2) is 0 Å². The average molecular weight is 366 g/mol. The number of hydrogen-bond donors (Lipinski definition) is 2. The van der Waals surface area contributed by atoms with E-state index in [4.69, 9.17) is 16.2 Å². The first-order valence-corrected chi connectivity index (χ1v) is 7.68. The van der Waals surface area contributed by atoms with E-state index in [0.29, 0.717) is 18.8 Å². The molecule has 1 fully saturated rings. The number of ether oxygens (including phenoxy) is 1. The number of hydrogen-bond acceptors (Lipinski definition) is 4. The van der Waals surface area contributed by atoms with E-state index < -0.39 is 0 Å². The average Bonchev–Trinajstić information content (AvgIpc) is 2.72. The smallest absolute Gasteiger partial charge is 0.136 e. The molecule has 4 nitrogen and oxygen atoms in total. The lowest BCUT2D eigenvalue weighted by Crippen LogP contribution is -2.40. The highest BCUT2D eigenvalue weighted by atomic mass is 127. The number of carbonyl (C=O) groups is 1. The lowest BCUT2D eigenvalue weighted by Gasteiger charge is -2.22. The summed E-state index contributed by atoms with van der Waals surface area (Å²) in [6.45, 7) is 2.88. The molecular weight excluding hydrogens is 343 g/mol. The maximum Gasteiger partial charge on any atom is 0.136 e. The Labute approximate surface area is 123 Å². The second-order valence-electron chi connectivity index (χ2n) is 5.07. The van der Waals surface area contributed by atoms with Gasteiger partial charge >= 0.3 is 0 Å².